The van der Waals surface area contributed by atoms with Gasteiger partial charge in [0.05, 0.1) is 28.1 Å². The largest absolute Gasteiger partial charge is 0.379 e. The Labute approximate surface area is 114 Å². The molecular weight excluding hydrogens is 281 g/mol. The minimum atomic E-state index is 0.0680. The Balaban J connectivity index is 1.86. The van der Waals surface area contributed by atoms with E-state index in [-0.39, 0.29) is 5.78 Å². The van der Waals surface area contributed by atoms with Gasteiger partial charge in [-0.2, -0.15) is 0 Å². The predicted octanol–water partition coefficient (Wildman–Crippen LogP) is 2.96. The molecule has 0 aliphatic carbocycles. The number of hydrogen-bond acceptors (Lipinski definition) is 4. The molecular formula is C11H13Cl2NO2S. The molecule has 0 aromatic carbocycles. The Morgan fingerprint density at radius 2 is 2.12 bits per heavy atom. The van der Waals surface area contributed by atoms with Gasteiger partial charge < -0.3 is 4.74 Å². The summed E-state index contributed by atoms with van der Waals surface area (Å²) < 4.78 is 5.25. The van der Waals surface area contributed by atoms with Crippen LogP contribution in [0.2, 0.25) is 10.0 Å². The fourth-order valence-electron chi connectivity index (χ4n) is 1.71. The monoisotopic (exact) mass is 293 g/mol. The number of halogens is 2. The summed E-state index contributed by atoms with van der Waals surface area (Å²) in [6.07, 6.45) is 0.483. The lowest BCUT2D eigenvalue weighted by molar-refractivity contribution is 0.0370. The van der Waals surface area contributed by atoms with Crippen molar-refractivity contribution in [2.45, 2.75) is 6.42 Å². The molecule has 3 nitrogen and oxygen atoms in total. The zero-order valence-electron chi connectivity index (χ0n) is 9.25. The third-order valence-electron chi connectivity index (χ3n) is 2.70. The average molecular weight is 294 g/mol. The van der Waals surface area contributed by atoms with Gasteiger partial charge in [-0.05, 0) is 0 Å². The van der Waals surface area contributed by atoms with Crippen LogP contribution in [-0.4, -0.2) is 43.5 Å². The molecule has 17 heavy (non-hydrogen) atoms. The third-order valence-corrected chi connectivity index (χ3v) is 4.75. The Morgan fingerprint density at radius 3 is 2.71 bits per heavy atom. The number of carbonyl (C=O) groups excluding carboxylic acids is 1. The molecule has 1 fully saturated rings. The van der Waals surface area contributed by atoms with Crippen LogP contribution in [0.15, 0.2) is 5.38 Å². The molecule has 0 N–H and O–H groups in total. The maximum absolute atomic E-state index is 11.9. The maximum Gasteiger partial charge on any atom is 0.175 e. The summed E-state index contributed by atoms with van der Waals surface area (Å²) in [4.78, 5) is 14.7. The molecule has 6 heteroatoms. The second-order valence-corrected chi connectivity index (χ2v) is 5.52. The maximum atomic E-state index is 11.9. The van der Waals surface area contributed by atoms with Crippen LogP contribution in [0.1, 0.15) is 16.1 Å². The molecule has 0 amide bonds. The van der Waals surface area contributed by atoms with Crippen LogP contribution in [-0.2, 0) is 4.74 Å². The number of ether oxygens (including phenoxy) is 1. The number of thiophene rings is 1. The first-order chi connectivity index (χ1) is 8.18. The average Bonchev–Trinajstić information content (AvgIpc) is 2.69. The number of ketones is 1. The molecule has 0 atom stereocenters. The summed E-state index contributed by atoms with van der Waals surface area (Å²) in [6, 6.07) is 0. The van der Waals surface area contributed by atoms with Crippen LogP contribution in [0.4, 0.5) is 0 Å². The summed E-state index contributed by atoms with van der Waals surface area (Å²) in [6.45, 7) is 4.05. The second-order valence-electron chi connectivity index (χ2n) is 3.85. The molecule has 1 saturated heterocycles. The van der Waals surface area contributed by atoms with Crippen molar-refractivity contribution in [3.8, 4) is 0 Å². The normalized spacial score (nSPS) is 17.3. The van der Waals surface area contributed by atoms with E-state index in [9.17, 15) is 4.79 Å². The smallest absolute Gasteiger partial charge is 0.175 e. The molecule has 94 valence electrons. The third kappa shape index (κ3) is 3.42. The SMILES string of the molecule is O=C(CCN1CCOCC1)c1scc(Cl)c1Cl. The fraction of sp³-hybridized carbons (Fsp3) is 0.545. The van der Waals surface area contributed by atoms with E-state index >= 15 is 0 Å². The number of nitrogens with zero attached hydrogens (tertiary/aromatic N) is 1. The van der Waals surface area contributed by atoms with Crippen LogP contribution in [0.5, 0.6) is 0 Å². The lowest BCUT2D eigenvalue weighted by atomic mass is 10.2. The first-order valence-corrected chi connectivity index (χ1v) is 7.08. The molecule has 0 bridgehead atoms. The Hall–Kier alpha value is -0.130. The highest BCUT2D eigenvalue weighted by Gasteiger charge is 2.17. The molecule has 2 rings (SSSR count). The van der Waals surface area contributed by atoms with E-state index in [4.69, 9.17) is 27.9 Å². The van der Waals surface area contributed by atoms with Crippen LogP contribution in [0, 0.1) is 0 Å². The Bertz CT molecular complexity index is 402. The van der Waals surface area contributed by atoms with Gasteiger partial charge in [0.2, 0.25) is 0 Å². The Morgan fingerprint density at radius 1 is 1.41 bits per heavy atom. The molecule has 1 aliphatic heterocycles. The van der Waals surface area contributed by atoms with E-state index in [1.54, 1.807) is 5.38 Å². The molecule has 0 unspecified atom stereocenters. The number of Topliss-reactive ketones (excluding diaryl/α,β-unsaturated/α-hetero) is 1. The molecule has 1 aliphatic rings. The van der Waals surface area contributed by atoms with Crippen molar-refractivity contribution in [3.05, 3.63) is 20.3 Å². The molecule has 0 spiro atoms. The second kappa shape index (κ2) is 6.16. The minimum Gasteiger partial charge on any atom is -0.379 e. The van der Waals surface area contributed by atoms with Crippen LogP contribution >= 0.6 is 34.5 Å². The van der Waals surface area contributed by atoms with Crippen LogP contribution in [0.25, 0.3) is 0 Å². The zero-order valence-corrected chi connectivity index (χ0v) is 11.6. The van der Waals surface area contributed by atoms with E-state index in [0.29, 0.717) is 21.3 Å². The first kappa shape index (κ1) is 13.3. The van der Waals surface area contributed by atoms with Crippen LogP contribution < -0.4 is 0 Å². The molecule has 0 radical (unpaired) electrons. The van der Waals surface area contributed by atoms with Gasteiger partial charge in [-0.3, -0.25) is 9.69 Å². The summed E-state index contributed by atoms with van der Waals surface area (Å²) in [5, 5.41) is 2.56. The van der Waals surface area contributed by atoms with E-state index in [1.807, 2.05) is 0 Å². The number of carbonyl (C=O) groups is 1. The van der Waals surface area contributed by atoms with Crippen molar-refractivity contribution >= 4 is 40.3 Å². The quantitative estimate of drug-likeness (QED) is 0.800. The number of morpholine rings is 1. The van der Waals surface area contributed by atoms with Crippen molar-refractivity contribution in [2.75, 3.05) is 32.8 Å². The molecule has 0 saturated carbocycles. The van der Waals surface area contributed by atoms with Gasteiger partial charge in [0.1, 0.15) is 0 Å². The first-order valence-electron chi connectivity index (χ1n) is 5.44. The van der Waals surface area contributed by atoms with E-state index < -0.39 is 0 Å². The van der Waals surface area contributed by atoms with Crippen molar-refractivity contribution < 1.29 is 9.53 Å². The lowest BCUT2D eigenvalue weighted by Gasteiger charge is -2.26. The van der Waals surface area contributed by atoms with Gasteiger partial charge in [-0.25, -0.2) is 0 Å². The van der Waals surface area contributed by atoms with Gasteiger partial charge in [-0.1, -0.05) is 23.2 Å². The lowest BCUT2D eigenvalue weighted by Crippen LogP contribution is -2.37. The highest BCUT2D eigenvalue weighted by Crippen LogP contribution is 2.32. The van der Waals surface area contributed by atoms with E-state index in [2.05, 4.69) is 4.90 Å². The highest BCUT2D eigenvalue weighted by molar-refractivity contribution is 7.13. The summed E-state index contributed by atoms with van der Waals surface area (Å²) in [7, 11) is 0. The number of rotatable bonds is 4. The van der Waals surface area contributed by atoms with Gasteiger partial charge in [-0.15, -0.1) is 11.3 Å². The molecule has 2 heterocycles. The van der Waals surface area contributed by atoms with Crippen molar-refractivity contribution in [2.24, 2.45) is 0 Å². The minimum absolute atomic E-state index is 0.0680. The van der Waals surface area contributed by atoms with E-state index in [1.165, 1.54) is 11.3 Å². The topological polar surface area (TPSA) is 29.5 Å². The van der Waals surface area contributed by atoms with Crippen LogP contribution in [0.3, 0.4) is 0 Å². The van der Waals surface area contributed by atoms with Crippen molar-refractivity contribution in [3.63, 3.8) is 0 Å². The predicted molar refractivity (Wildman–Crippen MR) is 70.5 cm³/mol. The molecule has 1 aromatic heterocycles. The van der Waals surface area contributed by atoms with Gasteiger partial charge in [0.25, 0.3) is 0 Å². The van der Waals surface area contributed by atoms with Crippen molar-refractivity contribution in [1.29, 1.82) is 0 Å². The van der Waals surface area contributed by atoms with Gasteiger partial charge >= 0.3 is 0 Å². The summed E-state index contributed by atoms with van der Waals surface area (Å²) in [5.74, 6) is 0.0680. The molecule has 1 aromatic rings. The van der Waals surface area contributed by atoms with Gasteiger partial charge in [0, 0.05) is 31.4 Å². The van der Waals surface area contributed by atoms with Gasteiger partial charge in [0.15, 0.2) is 5.78 Å². The number of hydrogen-bond donors (Lipinski definition) is 0. The highest BCUT2D eigenvalue weighted by atomic mass is 35.5. The van der Waals surface area contributed by atoms with E-state index in [0.717, 1.165) is 32.8 Å². The standard InChI is InChI=1S/C11H13Cl2NO2S/c12-8-7-17-11(10(8)13)9(15)1-2-14-3-5-16-6-4-14/h7H,1-6H2. The fourth-order valence-corrected chi connectivity index (χ4v) is 3.14. The summed E-state index contributed by atoms with van der Waals surface area (Å²) in [5.41, 5.74) is 0. The Kier molecular flexibility index (Phi) is 4.82. The van der Waals surface area contributed by atoms with Crippen molar-refractivity contribution in [1.82, 2.24) is 4.90 Å². The summed E-state index contributed by atoms with van der Waals surface area (Å²) >= 11 is 13.1. The zero-order chi connectivity index (χ0) is 12.3.